The van der Waals surface area contributed by atoms with E-state index in [9.17, 15) is 19.2 Å². The number of nitrogens with two attached hydrogens (primary N) is 4. The highest BCUT2D eigenvalue weighted by molar-refractivity contribution is 5.85. The van der Waals surface area contributed by atoms with Crippen LogP contribution in [0, 0.1) is 6.92 Å². The van der Waals surface area contributed by atoms with Crippen LogP contribution in [0.5, 0.6) is 0 Å². The molecule has 38 heavy (non-hydrogen) atoms. The van der Waals surface area contributed by atoms with Crippen LogP contribution in [-0.4, -0.2) is 70.1 Å². The summed E-state index contributed by atoms with van der Waals surface area (Å²) >= 11 is 0. The zero-order valence-corrected chi connectivity index (χ0v) is 20.7. The number of hydrogen-bond acceptors (Lipinski definition) is 13. The largest absolute Gasteiger partial charge is 0.383 e. The summed E-state index contributed by atoms with van der Waals surface area (Å²) in [6.07, 6.45) is 1.53. The average Bonchev–Trinajstić information content (AvgIpc) is 2.81. The van der Waals surface area contributed by atoms with Crippen molar-refractivity contribution in [2.24, 2.45) is 5.73 Å². The third-order valence-corrected chi connectivity index (χ3v) is 6.13. The van der Waals surface area contributed by atoms with Gasteiger partial charge >= 0.3 is 11.4 Å². The number of aromatic nitrogens is 8. The molecule has 0 bridgehead atoms. The zero-order chi connectivity index (χ0) is 27.6. The van der Waals surface area contributed by atoms with Crippen molar-refractivity contribution in [1.29, 1.82) is 0 Å². The summed E-state index contributed by atoms with van der Waals surface area (Å²) in [5.74, 6) is -0.365. The monoisotopic (exact) mass is 527 g/mol. The first kappa shape index (κ1) is 26.4. The van der Waals surface area contributed by atoms with Gasteiger partial charge in [-0.05, 0) is 32.9 Å². The van der Waals surface area contributed by atoms with E-state index < -0.39 is 22.5 Å². The van der Waals surface area contributed by atoms with Crippen molar-refractivity contribution in [3.05, 3.63) is 47.4 Å². The number of unbranched alkanes of at least 4 members (excludes halogenated alkanes) is 1. The molecular weight excluding hydrogens is 498 g/mol. The second-order valence-electron chi connectivity index (χ2n) is 8.69. The Morgan fingerprint density at radius 3 is 1.84 bits per heavy atom. The van der Waals surface area contributed by atoms with Crippen molar-refractivity contribution in [3.8, 4) is 0 Å². The van der Waals surface area contributed by atoms with Crippen molar-refractivity contribution < 1.29 is 0 Å². The molecule has 0 aliphatic carbocycles. The lowest BCUT2D eigenvalue weighted by Gasteiger charge is -2.23. The molecule has 4 aromatic heterocycles. The van der Waals surface area contributed by atoms with E-state index in [1.54, 1.807) is 6.92 Å². The van der Waals surface area contributed by atoms with Crippen molar-refractivity contribution in [3.63, 3.8) is 0 Å². The Labute approximate surface area is 213 Å². The maximum absolute atomic E-state index is 12.7. The van der Waals surface area contributed by atoms with Crippen LogP contribution in [0.15, 0.2) is 19.2 Å². The highest BCUT2D eigenvalue weighted by Crippen LogP contribution is 2.13. The van der Waals surface area contributed by atoms with Gasteiger partial charge in [0.05, 0.1) is 5.69 Å². The van der Waals surface area contributed by atoms with E-state index in [1.165, 1.54) is 9.13 Å². The van der Waals surface area contributed by atoms with Gasteiger partial charge in [-0.15, -0.1) is 0 Å². The third-order valence-electron chi connectivity index (χ3n) is 6.13. The first-order valence-electron chi connectivity index (χ1n) is 11.9. The number of rotatable bonds is 10. The Morgan fingerprint density at radius 1 is 0.737 bits per heavy atom. The molecule has 0 radical (unpaired) electrons. The topological polar surface area (TPSA) is 269 Å². The summed E-state index contributed by atoms with van der Waals surface area (Å²) in [4.78, 5) is 72.5. The zero-order valence-electron chi connectivity index (χ0n) is 20.7. The van der Waals surface area contributed by atoms with E-state index in [4.69, 9.17) is 22.9 Å². The number of anilines is 3. The van der Waals surface area contributed by atoms with Crippen LogP contribution in [-0.2, 0) is 13.1 Å². The van der Waals surface area contributed by atoms with Gasteiger partial charge in [-0.25, -0.2) is 14.6 Å². The second-order valence-corrected chi connectivity index (χ2v) is 8.69. The van der Waals surface area contributed by atoms with Crippen molar-refractivity contribution in [2.75, 3.05) is 43.4 Å². The number of aryl methyl sites for hydroxylation is 1. The molecule has 17 nitrogen and oxygen atoms in total. The summed E-state index contributed by atoms with van der Waals surface area (Å²) in [5.41, 5.74) is 20.9. The molecule has 0 aliphatic rings. The van der Waals surface area contributed by atoms with Gasteiger partial charge in [0.2, 0.25) is 11.9 Å². The fourth-order valence-electron chi connectivity index (χ4n) is 4.30. The van der Waals surface area contributed by atoms with Crippen LogP contribution in [0.2, 0.25) is 0 Å². The molecule has 0 spiro atoms. The fourth-order valence-corrected chi connectivity index (χ4v) is 4.30. The lowest BCUT2D eigenvalue weighted by Crippen LogP contribution is -2.39. The standard InChI is InChI=1S/C21H29N13O4/c1-10-11-14(28-18(24)26-10)33(20(37)30-16(11)35)8-6-32(5-3-2-4-22)7-9-34-15-12(17(36)31-21(34)38)13(23)27-19(25)29-15/h2-9,22H2,1H3,(H2,24,26,28)(H,30,35,37)(H,31,36,38)(H4,23,25,27,29). The Balaban J connectivity index is 1.65. The molecule has 0 amide bonds. The van der Waals surface area contributed by atoms with E-state index in [0.717, 1.165) is 12.8 Å². The summed E-state index contributed by atoms with van der Waals surface area (Å²) in [5, 5.41) is 0.141. The predicted octanol–water partition coefficient (Wildman–Crippen LogP) is -2.93. The average molecular weight is 528 g/mol. The number of fused-ring (bicyclic) bond motifs is 2. The molecule has 0 saturated carbocycles. The fraction of sp³-hybridized carbons (Fsp3) is 0.429. The third kappa shape index (κ3) is 5.23. The number of nitrogens with one attached hydrogen (secondary N) is 2. The van der Waals surface area contributed by atoms with E-state index >= 15 is 0 Å². The van der Waals surface area contributed by atoms with Crippen LogP contribution < -0.4 is 45.4 Å². The highest BCUT2D eigenvalue weighted by Gasteiger charge is 2.17. The number of H-pyrrole nitrogens is 2. The van der Waals surface area contributed by atoms with Gasteiger partial charge in [0, 0.05) is 26.2 Å². The first-order chi connectivity index (χ1) is 18.1. The Bertz CT molecular complexity index is 1610. The predicted molar refractivity (Wildman–Crippen MR) is 142 cm³/mol. The normalized spacial score (nSPS) is 11.7. The summed E-state index contributed by atoms with van der Waals surface area (Å²) < 4.78 is 2.59. The molecule has 0 unspecified atom stereocenters. The van der Waals surface area contributed by atoms with Crippen molar-refractivity contribution >= 4 is 39.8 Å². The Hall–Kier alpha value is -4.64. The van der Waals surface area contributed by atoms with Crippen LogP contribution in [0.1, 0.15) is 18.5 Å². The van der Waals surface area contributed by atoms with Gasteiger partial charge in [0.25, 0.3) is 11.1 Å². The Morgan fingerprint density at radius 2 is 1.26 bits per heavy atom. The van der Waals surface area contributed by atoms with Crippen LogP contribution in [0.4, 0.5) is 17.7 Å². The molecule has 4 rings (SSSR count). The van der Waals surface area contributed by atoms with Crippen LogP contribution >= 0.6 is 0 Å². The van der Waals surface area contributed by atoms with Crippen molar-refractivity contribution in [1.82, 2.24) is 43.9 Å². The molecule has 0 aliphatic heterocycles. The van der Waals surface area contributed by atoms with Gasteiger partial charge in [-0.1, -0.05) is 0 Å². The molecule has 0 atom stereocenters. The lowest BCUT2D eigenvalue weighted by molar-refractivity contribution is 0.247. The SMILES string of the molecule is Cc1nc(N)nc2c1c(=O)[nH]c(=O)n2CCN(CCCCN)CCn1c(=O)[nH]c(=O)c2c(N)nc(N)nc21. The van der Waals surface area contributed by atoms with Gasteiger partial charge < -0.3 is 22.9 Å². The molecule has 0 aromatic carbocycles. The number of nitrogen functional groups attached to an aromatic ring is 3. The summed E-state index contributed by atoms with van der Waals surface area (Å²) in [6.45, 7) is 3.68. The van der Waals surface area contributed by atoms with E-state index in [1.807, 2.05) is 4.90 Å². The number of nitrogens with zero attached hydrogens (tertiary/aromatic N) is 7. The van der Waals surface area contributed by atoms with Gasteiger partial charge in [0.15, 0.2) is 11.3 Å². The van der Waals surface area contributed by atoms with E-state index in [2.05, 4.69) is 29.9 Å². The molecule has 0 fully saturated rings. The van der Waals surface area contributed by atoms with Crippen LogP contribution in [0.25, 0.3) is 22.1 Å². The molecular formula is C21H29N13O4. The van der Waals surface area contributed by atoms with Crippen molar-refractivity contribution in [2.45, 2.75) is 32.9 Å². The molecule has 17 heteroatoms. The minimum Gasteiger partial charge on any atom is -0.383 e. The van der Waals surface area contributed by atoms with Gasteiger partial charge in [0.1, 0.15) is 16.6 Å². The van der Waals surface area contributed by atoms with E-state index in [-0.39, 0.29) is 52.9 Å². The number of hydrogen-bond donors (Lipinski definition) is 6. The first-order valence-corrected chi connectivity index (χ1v) is 11.9. The summed E-state index contributed by atoms with van der Waals surface area (Å²) in [7, 11) is 0. The number of aromatic amines is 2. The quantitative estimate of drug-likeness (QED) is 0.113. The molecule has 4 aromatic rings. The van der Waals surface area contributed by atoms with Crippen LogP contribution in [0.3, 0.4) is 0 Å². The minimum absolute atomic E-state index is 0.0242. The van der Waals surface area contributed by atoms with Gasteiger partial charge in [-0.2, -0.15) is 15.0 Å². The summed E-state index contributed by atoms with van der Waals surface area (Å²) in [6, 6.07) is 0. The highest BCUT2D eigenvalue weighted by atomic mass is 16.2. The molecule has 10 N–H and O–H groups in total. The smallest absolute Gasteiger partial charge is 0.330 e. The minimum atomic E-state index is -0.709. The maximum atomic E-state index is 12.7. The second kappa shape index (κ2) is 10.8. The lowest BCUT2D eigenvalue weighted by atomic mass is 10.2. The molecule has 202 valence electrons. The van der Waals surface area contributed by atoms with Gasteiger partial charge in [-0.3, -0.25) is 33.6 Å². The maximum Gasteiger partial charge on any atom is 0.330 e. The molecule has 4 heterocycles. The molecule has 0 saturated heterocycles. The van der Waals surface area contributed by atoms with E-state index in [0.29, 0.717) is 31.9 Å². The Kier molecular flexibility index (Phi) is 7.49.